The first kappa shape index (κ1) is 16.7. The van der Waals surface area contributed by atoms with Gasteiger partial charge in [-0.1, -0.05) is 30.3 Å². The van der Waals surface area contributed by atoms with Crippen molar-refractivity contribution < 1.29 is 9.53 Å². The van der Waals surface area contributed by atoms with Gasteiger partial charge in [-0.15, -0.1) is 0 Å². The first-order valence-corrected chi connectivity index (χ1v) is 8.62. The molecule has 128 valence electrons. The van der Waals surface area contributed by atoms with Crippen molar-refractivity contribution >= 4 is 5.97 Å². The predicted octanol–water partition coefficient (Wildman–Crippen LogP) is 2.44. The lowest BCUT2D eigenvalue weighted by molar-refractivity contribution is -0.148. The molecule has 0 spiro atoms. The molecule has 5 nitrogen and oxygen atoms in total. The molecule has 1 aliphatic heterocycles. The Hall–Kier alpha value is -2.14. The SMILES string of the molecule is CCOC(=O)C(C)N1CCc2c(-c3ccccc3)nn(C)c2CC1. The van der Waals surface area contributed by atoms with E-state index in [4.69, 9.17) is 9.84 Å². The summed E-state index contributed by atoms with van der Waals surface area (Å²) in [6.45, 7) is 5.91. The number of ether oxygens (including phenoxy) is 1. The van der Waals surface area contributed by atoms with Gasteiger partial charge in [0.05, 0.1) is 12.3 Å². The number of rotatable bonds is 4. The predicted molar refractivity (Wildman–Crippen MR) is 93.7 cm³/mol. The zero-order valence-electron chi connectivity index (χ0n) is 14.7. The summed E-state index contributed by atoms with van der Waals surface area (Å²) in [5.74, 6) is -0.134. The normalized spacial score (nSPS) is 16.3. The third-order valence-corrected chi connectivity index (χ3v) is 4.78. The number of hydrogen-bond acceptors (Lipinski definition) is 4. The average molecular weight is 327 g/mol. The smallest absolute Gasteiger partial charge is 0.323 e. The van der Waals surface area contributed by atoms with Crippen molar-refractivity contribution in [2.45, 2.75) is 32.7 Å². The highest BCUT2D eigenvalue weighted by molar-refractivity contribution is 5.75. The molecule has 0 radical (unpaired) electrons. The van der Waals surface area contributed by atoms with Gasteiger partial charge in [0.1, 0.15) is 6.04 Å². The summed E-state index contributed by atoms with van der Waals surface area (Å²) in [6, 6.07) is 10.1. The van der Waals surface area contributed by atoms with E-state index >= 15 is 0 Å². The van der Waals surface area contributed by atoms with Gasteiger partial charge >= 0.3 is 5.97 Å². The van der Waals surface area contributed by atoms with Crippen LogP contribution in [0.3, 0.4) is 0 Å². The second-order valence-corrected chi connectivity index (χ2v) is 6.23. The largest absolute Gasteiger partial charge is 0.465 e. The summed E-state index contributed by atoms with van der Waals surface area (Å²) in [4.78, 5) is 14.3. The minimum Gasteiger partial charge on any atom is -0.465 e. The van der Waals surface area contributed by atoms with Gasteiger partial charge in [0.25, 0.3) is 0 Å². The lowest BCUT2D eigenvalue weighted by Gasteiger charge is -2.25. The highest BCUT2D eigenvalue weighted by Gasteiger charge is 2.27. The second kappa shape index (κ2) is 7.18. The van der Waals surface area contributed by atoms with Crippen LogP contribution in [0.15, 0.2) is 30.3 Å². The molecule has 2 aromatic rings. The molecule has 0 bridgehead atoms. The summed E-state index contributed by atoms with van der Waals surface area (Å²) in [5, 5.41) is 4.75. The molecule has 1 aromatic carbocycles. The fraction of sp³-hybridized carbons (Fsp3) is 0.474. The Morgan fingerprint density at radius 1 is 1.25 bits per heavy atom. The van der Waals surface area contributed by atoms with Crippen LogP contribution in [-0.2, 0) is 29.4 Å². The Morgan fingerprint density at radius 3 is 2.67 bits per heavy atom. The number of fused-ring (bicyclic) bond motifs is 1. The van der Waals surface area contributed by atoms with Crippen molar-refractivity contribution in [2.75, 3.05) is 19.7 Å². The van der Waals surface area contributed by atoms with E-state index in [-0.39, 0.29) is 12.0 Å². The molecule has 1 aromatic heterocycles. The lowest BCUT2D eigenvalue weighted by Crippen LogP contribution is -2.41. The van der Waals surface area contributed by atoms with Crippen molar-refractivity contribution in [1.82, 2.24) is 14.7 Å². The van der Waals surface area contributed by atoms with Gasteiger partial charge in [0.2, 0.25) is 0 Å². The van der Waals surface area contributed by atoms with E-state index in [1.807, 2.05) is 43.8 Å². The van der Waals surface area contributed by atoms with Crippen LogP contribution in [-0.4, -0.2) is 46.4 Å². The van der Waals surface area contributed by atoms with Crippen molar-refractivity contribution in [1.29, 1.82) is 0 Å². The molecule has 0 N–H and O–H groups in total. The molecule has 3 rings (SSSR count). The van der Waals surface area contributed by atoms with E-state index in [0.29, 0.717) is 6.61 Å². The zero-order valence-corrected chi connectivity index (χ0v) is 14.7. The van der Waals surface area contributed by atoms with Gasteiger partial charge < -0.3 is 4.74 Å². The number of aryl methyl sites for hydroxylation is 1. The summed E-state index contributed by atoms with van der Waals surface area (Å²) >= 11 is 0. The molecule has 1 aliphatic rings. The van der Waals surface area contributed by atoms with E-state index in [1.165, 1.54) is 11.3 Å². The van der Waals surface area contributed by atoms with Crippen molar-refractivity contribution in [3.8, 4) is 11.3 Å². The topological polar surface area (TPSA) is 47.4 Å². The summed E-state index contributed by atoms with van der Waals surface area (Å²) in [5.41, 5.74) is 4.80. The Morgan fingerprint density at radius 2 is 1.96 bits per heavy atom. The van der Waals surface area contributed by atoms with E-state index in [2.05, 4.69) is 17.0 Å². The van der Waals surface area contributed by atoms with Gasteiger partial charge in [-0.05, 0) is 20.3 Å². The maximum Gasteiger partial charge on any atom is 0.323 e. The Kier molecular flexibility index (Phi) is 5.00. The maximum absolute atomic E-state index is 12.0. The molecule has 24 heavy (non-hydrogen) atoms. The molecular formula is C19H25N3O2. The maximum atomic E-state index is 12.0. The Balaban J connectivity index is 1.83. The molecule has 0 saturated carbocycles. The van der Waals surface area contributed by atoms with Crippen molar-refractivity contribution in [2.24, 2.45) is 7.05 Å². The highest BCUT2D eigenvalue weighted by atomic mass is 16.5. The van der Waals surface area contributed by atoms with Crippen LogP contribution >= 0.6 is 0 Å². The number of benzene rings is 1. The van der Waals surface area contributed by atoms with E-state index in [1.54, 1.807) is 0 Å². The van der Waals surface area contributed by atoms with E-state index in [9.17, 15) is 4.79 Å². The molecule has 0 saturated heterocycles. The fourth-order valence-corrected chi connectivity index (χ4v) is 3.42. The number of nitrogens with zero attached hydrogens (tertiary/aromatic N) is 3. The number of esters is 1. The number of carbonyl (C=O) groups excluding carboxylic acids is 1. The Bertz CT molecular complexity index is 709. The standard InChI is InChI=1S/C19H25N3O2/c1-4-24-19(23)14(2)22-12-10-16-17(11-13-22)21(3)20-18(16)15-8-6-5-7-9-15/h5-9,14H,4,10-13H2,1-3H3. The van der Waals surface area contributed by atoms with Crippen LogP contribution in [0.25, 0.3) is 11.3 Å². The van der Waals surface area contributed by atoms with Gasteiger partial charge in [0, 0.05) is 43.4 Å². The summed E-state index contributed by atoms with van der Waals surface area (Å²) < 4.78 is 7.17. The monoisotopic (exact) mass is 327 g/mol. The number of hydrogen-bond donors (Lipinski definition) is 0. The van der Waals surface area contributed by atoms with Crippen LogP contribution in [0.4, 0.5) is 0 Å². The molecular weight excluding hydrogens is 302 g/mol. The molecule has 0 fully saturated rings. The zero-order chi connectivity index (χ0) is 17.1. The molecule has 2 heterocycles. The quantitative estimate of drug-likeness (QED) is 0.809. The summed E-state index contributed by atoms with van der Waals surface area (Å²) in [7, 11) is 2.01. The van der Waals surface area contributed by atoms with Crippen LogP contribution in [0.2, 0.25) is 0 Å². The first-order valence-electron chi connectivity index (χ1n) is 8.62. The van der Waals surface area contributed by atoms with Gasteiger partial charge in [0.15, 0.2) is 0 Å². The second-order valence-electron chi connectivity index (χ2n) is 6.23. The highest BCUT2D eigenvalue weighted by Crippen LogP contribution is 2.28. The fourth-order valence-electron chi connectivity index (χ4n) is 3.42. The summed E-state index contributed by atoms with van der Waals surface area (Å²) in [6.07, 6.45) is 1.80. The van der Waals surface area contributed by atoms with Gasteiger partial charge in [-0.25, -0.2) is 0 Å². The number of aromatic nitrogens is 2. The van der Waals surface area contributed by atoms with Gasteiger partial charge in [-0.3, -0.25) is 14.4 Å². The molecule has 0 amide bonds. The van der Waals surface area contributed by atoms with Crippen LogP contribution in [0, 0.1) is 0 Å². The average Bonchev–Trinajstić information content (AvgIpc) is 2.78. The van der Waals surface area contributed by atoms with Crippen molar-refractivity contribution in [3.05, 3.63) is 41.6 Å². The third kappa shape index (κ3) is 3.22. The minimum atomic E-state index is -0.201. The molecule has 1 unspecified atom stereocenters. The van der Waals surface area contributed by atoms with Crippen LogP contribution in [0.1, 0.15) is 25.1 Å². The van der Waals surface area contributed by atoms with E-state index in [0.717, 1.165) is 37.2 Å². The lowest BCUT2D eigenvalue weighted by atomic mass is 10.0. The molecule has 0 aliphatic carbocycles. The van der Waals surface area contributed by atoms with Crippen LogP contribution in [0.5, 0.6) is 0 Å². The third-order valence-electron chi connectivity index (χ3n) is 4.78. The number of carbonyl (C=O) groups is 1. The minimum absolute atomic E-state index is 0.134. The molecule has 1 atom stereocenters. The van der Waals surface area contributed by atoms with Gasteiger partial charge in [-0.2, -0.15) is 5.10 Å². The van der Waals surface area contributed by atoms with Crippen LogP contribution < -0.4 is 0 Å². The first-order chi connectivity index (χ1) is 11.6. The van der Waals surface area contributed by atoms with E-state index < -0.39 is 0 Å². The Labute approximate surface area is 143 Å². The van der Waals surface area contributed by atoms with Crippen molar-refractivity contribution in [3.63, 3.8) is 0 Å². The molecule has 5 heteroatoms.